The van der Waals surface area contributed by atoms with Crippen molar-refractivity contribution < 1.29 is 5.11 Å². The molecule has 0 spiro atoms. The molecule has 0 unspecified atom stereocenters. The number of H-pyrrole nitrogens is 1. The zero-order chi connectivity index (χ0) is 14.2. The number of rotatable bonds is 9. The molecule has 20 heavy (non-hydrogen) atoms. The highest BCUT2D eigenvalue weighted by atomic mass is 16.3. The Labute approximate surface area is 118 Å². The van der Waals surface area contributed by atoms with E-state index < -0.39 is 0 Å². The molecule has 0 saturated heterocycles. The highest BCUT2D eigenvalue weighted by Gasteiger charge is 2.02. The fourth-order valence-corrected chi connectivity index (χ4v) is 2.01. The van der Waals surface area contributed by atoms with Gasteiger partial charge in [-0.15, -0.1) is 5.10 Å². The van der Waals surface area contributed by atoms with E-state index in [9.17, 15) is 0 Å². The van der Waals surface area contributed by atoms with Crippen molar-refractivity contribution in [3.05, 3.63) is 29.3 Å². The Bertz CT molecular complexity index is 506. The number of aryl methyl sites for hydroxylation is 3. The van der Waals surface area contributed by atoms with Gasteiger partial charge in [0.05, 0.1) is 11.9 Å². The summed E-state index contributed by atoms with van der Waals surface area (Å²) in [6.07, 6.45) is 6.61. The molecular weight excluding hydrogens is 256 g/mol. The number of aromatic nitrogens is 5. The van der Waals surface area contributed by atoms with E-state index in [1.807, 2.05) is 19.3 Å². The maximum atomic E-state index is 8.75. The molecule has 2 aromatic heterocycles. The lowest BCUT2D eigenvalue weighted by Crippen LogP contribution is -2.15. The molecule has 7 heteroatoms. The number of hydrogen-bond donors (Lipinski definition) is 3. The van der Waals surface area contributed by atoms with E-state index in [1.54, 1.807) is 4.68 Å². The topological polar surface area (TPSA) is 91.7 Å². The molecule has 0 aliphatic rings. The summed E-state index contributed by atoms with van der Waals surface area (Å²) in [5.74, 6) is 0. The van der Waals surface area contributed by atoms with Crippen LogP contribution in [0.15, 0.2) is 12.4 Å². The molecule has 0 aromatic carbocycles. The monoisotopic (exact) mass is 278 g/mol. The number of nitrogens with one attached hydrogen (secondary N) is 2. The third kappa shape index (κ3) is 4.43. The van der Waals surface area contributed by atoms with Gasteiger partial charge < -0.3 is 10.4 Å². The van der Waals surface area contributed by atoms with Crippen LogP contribution in [0.4, 0.5) is 0 Å². The molecule has 0 atom stereocenters. The largest absolute Gasteiger partial charge is 0.396 e. The van der Waals surface area contributed by atoms with E-state index in [1.165, 1.54) is 5.56 Å². The number of aliphatic hydroxyl groups is 1. The SMILES string of the molecule is Cc1[nH]ncc1CCCNCc1cn(CCCO)nn1. The van der Waals surface area contributed by atoms with Crippen molar-refractivity contribution >= 4 is 0 Å². The summed E-state index contributed by atoms with van der Waals surface area (Å²) in [7, 11) is 0. The van der Waals surface area contributed by atoms with Crippen LogP contribution in [0.2, 0.25) is 0 Å². The van der Waals surface area contributed by atoms with E-state index in [4.69, 9.17) is 5.11 Å². The number of aromatic amines is 1. The highest BCUT2D eigenvalue weighted by Crippen LogP contribution is 2.05. The van der Waals surface area contributed by atoms with Crippen molar-refractivity contribution in [1.29, 1.82) is 0 Å². The molecule has 2 aromatic rings. The smallest absolute Gasteiger partial charge is 0.0964 e. The third-order valence-corrected chi connectivity index (χ3v) is 3.17. The van der Waals surface area contributed by atoms with Gasteiger partial charge in [-0.25, -0.2) is 0 Å². The predicted octanol–water partition coefficient (Wildman–Crippen LogP) is 0.414. The summed E-state index contributed by atoms with van der Waals surface area (Å²) in [4.78, 5) is 0. The zero-order valence-electron chi connectivity index (χ0n) is 11.8. The third-order valence-electron chi connectivity index (χ3n) is 3.17. The summed E-state index contributed by atoms with van der Waals surface area (Å²) in [6, 6.07) is 0. The Morgan fingerprint density at radius 2 is 2.30 bits per heavy atom. The second kappa shape index (κ2) is 7.76. The van der Waals surface area contributed by atoms with Crippen LogP contribution < -0.4 is 5.32 Å². The zero-order valence-corrected chi connectivity index (χ0v) is 11.8. The van der Waals surface area contributed by atoms with Crippen LogP contribution in [0.5, 0.6) is 0 Å². The summed E-state index contributed by atoms with van der Waals surface area (Å²) in [5, 5.41) is 27.2. The summed E-state index contributed by atoms with van der Waals surface area (Å²) >= 11 is 0. The quantitative estimate of drug-likeness (QED) is 0.578. The van der Waals surface area contributed by atoms with Crippen molar-refractivity contribution in [2.45, 2.75) is 39.3 Å². The summed E-state index contributed by atoms with van der Waals surface area (Å²) in [6.45, 7) is 4.60. The minimum absolute atomic E-state index is 0.181. The molecule has 0 bridgehead atoms. The summed E-state index contributed by atoms with van der Waals surface area (Å²) in [5.41, 5.74) is 3.36. The lowest BCUT2D eigenvalue weighted by molar-refractivity contribution is 0.276. The van der Waals surface area contributed by atoms with E-state index >= 15 is 0 Å². The molecule has 7 nitrogen and oxygen atoms in total. The van der Waals surface area contributed by atoms with Gasteiger partial charge in [0.25, 0.3) is 0 Å². The first-order valence-electron chi connectivity index (χ1n) is 6.99. The molecule has 3 N–H and O–H groups in total. The van der Waals surface area contributed by atoms with Crippen molar-refractivity contribution in [1.82, 2.24) is 30.5 Å². The van der Waals surface area contributed by atoms with Crippen molar-refractivity contribution in [3.8, 4) is 0 Å². The molecule has 0 fully saturated rings. The van der Waals surface area contributed by atoms with Gasteiger partial charge in [0, 0.05) is 31.6 Å². The standard InChI is InChI=1S/C13H22N6O/c1-11-12(8-15-16-11)4-2-5-14-9-13-10-19(18-17-13)6-3-7-20/h8,10,14,20H,2-7,9H2,1H3,(H,15,16). The predicted molar refractivity (Wildman–Crippen MR) is 75.1 cm³/mol. The lowest BCUT2D eigenvalue weighted by atomic mass is 10.1. The van der Waals surface area contributed by atoms with Gasteiger partial charge in [0.1, 0.15) is 0 Å². The number of nitrogens with zero attached hydrogens (tertiary/aromatic N) is 4. The van der Waals surface area contributed by atoms with E-state index in [0.717, 1.165) is 37.3 Å². The van der Waals surface area contributed by atoms with Gasteiger partial charge >= 0.3 is 0 Å². The minimum atomic E-state index is 0.181. The van der Waals surface area contributed by atoms with Crippen LogP contribution in [0.25, 0.3) is 0 Å². The molecular formula is C13H22N6O. The van der Waals surface area contributed by atoms with Crippen LogP contribution in [0.1, 0.15) is 29.8 Å². The maximum absolute atomic E-state index is 8.75. The Morgan fingerprint density at radius 3 is 3.05 bits per heavy atom. The lowest BCUT2D eigenvalue weighted by Gasteiger charge is -2.02. The first-order chi connectivity index (χ1) is 9.79. The molecule has 0 amide bonds. The highest BCUT2D eigenvalue weighted by molar-refractivity contribution is 5.14. The minimum Gasteiger partial charge on any atom is -0.396 e. The van der Waals surface area contributed by atoms with Gasteiger partial charge in [0.2, 0.25) is 0 Å². The first-order valence-corrected chi connectivity index (χ1v) is 6.99. The van der Waals surface area contributed by atoms with E-state index in [0.29, 0.717) is 13.0 Å². The van der Waals surface area contributed by atoms with Crippen LogP contribution in [-0.2, 0) is 19.5 Å². The molecule has 2 heterocycles. The van der Waals surface area contributed by atoms with E-state index in [-0.39, 0.29) is 6.61 Å². The van der Waals surface area contributed by atoms with Gasteiger partial charge in [-0.05, 0) is 38.3 Å². The van der Waals surface area contributed by atoms with Crippen LogP contribution in [0.3, 0.4) is 0 Å². The summed E-state index contributed by atoms with van der Waals surface area (Å²) < 4.78 is 1.77. The van der Waals surface area contributed by atoms with Gasteiger partial charge in [-0.3, -0.25) is 9.78 Å². The van der Waals surface area contributed by atoms with E-state index in [2.05, 4.69) is 25.8 Å². The van der Waals surface area contributed by atoms with Gasteiger partial charge in [-0.1, -0.05) is 5.21 Å². The number of aliphatic hydroxyl groups excluding tert-OH is 1. The Hall–Kier alpha value is -1.73. The Balaban J connectivity index is 1.61. The molecule has 0 saturated carbocycles. The van der Waals surface area contributed by atoms with Crippen LogP contribution >= 0.6 is 0 Å². The van der Waals surface area contributed by atoms with Crippen molar-refractivity contribution in [2.24, 2.45) is 0 Å². The average Bonchev–Trinajstić information content (AvgIpc) is 3.06. The second-order valence-corrected chi connectivity index (χ2v) is 4.85. The second-order valence-electron chi connectivity index (χ2n) is 4.85. The Morgan fingerprint density at radius 1 is 1.40 bits per heavy atom. The normalized spacial score (nSPS) is 11.1. The van der Waals surface area contributed by atoms with Crippen molar-refractivity contribution in [3.63, 3.8) is 0 Å². The molecule has 0 aliphatic carbocycles. The maximum Gasteiger partial charge on any atom is 0.0964 e. The molecule has 0 radical (unpaired) electrons. The van der Waals surface area contributed by atoms with Crippen LogP contribution in [-0.4, -0.2) is 43.4 Å². The fourth-order valence-electron chi connectivity index (χ4n) is 2.01. The fraction of sp³-hybridized carbons (Fsp3) is 0.615. The first kappa shape index (κ1) is 14.7. The molecule has 110 valence electrons. The van der Waals surface area contributed by atoms with Gasteiger partial charge in [0.15, 0.2) is 0 Å². The Kier molecular flexibility index (Phi) is 5.69. The molecule has 2 rings (SSSR count). The molecule has 0 aliphatic heterocycles. The van der Waals surface area contributed by atoms with Crippen LogP contribution in [0, 0.1) is 6.92 Å². The van der Waals surface area contributed by atoms with Crippen molar-refractivity contribution in [2.75, 3.05) is 13.2 Å². The van der Waals surface area contributed by atoms with Gasteiger partial charge in [-0.2, -0.15) is 5.10 Å². The average molecular weight is 278 g/mol. The number of hydrogen-bond acceptors (Lipinski definition) is 5.